The highest BCUT2D eigenvalue weighted by molar-refractivity contribution is 7.98. The van der Waals surface area contributed by atoms with E-state index in [1.807, 2.05) is 19.2 Å². The smallest absolute Gasteiger partial charge is 0.0995 e. The molecule has 0 amide bonds. The molecule has 0 aliphatic heterocycles. The molecule has 0 saturated carbocycles. The third-order valence-electron chi connectivity index (χ3n) is 2.29. The van der Waals surface area contributed by atoms with Gasteiger partial charge in [-0.2, -0.15) is 5.26 Å². The molecule has 2 rings (SSSR count). The van der Waals surface area contributed by atoms with Crippen LogP contribution in [0.4, 0.5) is 0 Å². The van der Waals surface area contributed by atoms with E-state index in [1.165, 1.54) is 15.0 Å². The first kappa shape index (κ1) is 9.57. The molecule has 0 spiro atoms. The van der Waals surface area contributed by atoms with Crippen molar-refractivity contribution in [3.05, 3.63) is 28.6 Å². The molecule has 0 radical (unpaired) electrons. The molecule has 0 N–H and O–H groups in total. The summed E-state index contributed by atoms with van der Waals surface area (Å²) < 4.78 is 1.24. The fraction of sp³-hybridized carbons (Fsp3) is 0.182. The van der Waals surface area contributed by atoms with Crippen molar-refractivity contribution in [3.8, 4) is 6.07 Å². The maximum absolute atomic E-state index is 8.98. The first-order chi connectivity index (χ1) is 6.77. The lowest BCUT2D eigenvalue weighted by Gasteiger charge is -2.04. The highest BCUT2D eigenvalue weighted by Gasteiger charge is 2.08. The third-order valence-corrected chi connectivity index (χ3v) is 4.10. The molecule has 0 unspecified atom stereocenters. The normalized spacial score (nSPS) is 10.4. The Kier molecular flexibility index (Phi) is 2.49. The molecule has 0 fully saturated rings. The fourth-order valence-electron chi connectivity index (χ4n) is 1.52. The molecule has 2 aromatic rings. The van der Waals surface area contributed by atoms with E-state index in [0.717, 1.165) is 11.1 Å². The molecule has 14 heavy (non-hydrogen) atoms. The lowest BCUT2D eigenvalue weighted by atomic mass is 10.1. The summed E-state index contributed by atoms with van der Waals surface area (Å²) in [5.74, 6) is 0. The van der Waals surface area contributed by atoms with Crippen LogP contribution in [-0.4, -0.2) is 6.26 Å². The Labute approximate surface area is 91.4 Å². The Bertz CT molecular complexity index is 520. The van der Waals surface area contributed by atoms with Crippen molar-refractivity contribution < 1.29 is 0 Å². The number of rotatable bonds is 1. The van der Waals surface area contributed by atoms with E-state index in [4.69, 9.17) is 5.26 Å². The van der Waals surface area contributed by atoms with Crippen molar-refractivity contribution in [2.24, 2.45) is 0 Å². The van der Waals surface area contributed by atoms with Gasteiger partial charge in [0, 0.05) is 15.0 Å². The van der Waals surface area contributed by atoms with Gasteiger partial charge in [0.05, 0.1) is 11.6 Å². The highest BCUT2D eigenvalue weighted by Crippen LogP contribution is 2.34. The summed E-state index contributed by atoms with van der Waals surface area (Å²) in [6.07, 6.45) is 2.04. The van der Waals surface area contributed by atoms with Crippen LogP contribution in [0.25, 0.3) is 10.1 Å². The molecule has 0 atom stereocenters. The number of hydrogen-bond donors (Lipinski definition) is 0. The van der Waals surface area contributed by atoms with Crippen LogP contribution in [-0.2, 0) is 0 Å². The van der Waals surface area contributed by atoms with Gasteiger partial charge in [-0.3, -0.25) is 0 Å². The van der Waals surface area contributed by atoms with Crippen molar-refractivity contribution >= 4 is 33.2 Å². The molecule has 0 saturated heterocycles. The number of benzene rings is 1. The second-order valence-corrected chi connectivity index (χ2v) is 4.79. The maximum atomic E-state index is 8.98. The van der Waals surface area contributed by atoms with E-state index in [2.05, 4.69) is 17.5 Å². The van der Waals surface area contributed by atoms with Gasteiger partial charge in [-0.05, 0) is 36.3 Å². The Morgan fingerprint density at radius 1 is 1.50 bits per heavy atom. The Morgan fingerprint density at radius 2 is 2.29 bits per heavy atom. The summed E-state index contributed by atoms with van der Waals surface area (Å²) in [5, 5.41) is 12.3. The summed E-state index contributed by atoms with van der Waals surface area (Å²) in [5.41, 5.74) is 1.90. The minimum Gasteiger partial charge on any atom is -0.192 e. The molecule has 1 aromatic heterocycles. The zero-order valence-electron chi connectivity index (χ0n) is 8.00. The van der Waals surface area contributed by atoms with Gasteiger partial charge in [-0.25, -0.2) is 0 Å². The Morgan fingerprint density at radius 3 is 2.93 bits per heavy atom. The third kappa shape index (κ3) is 1.31. The standard InChI is InChI=1S/C11H9NS2/c1-7-8(6-12)5-10(13-2)9-3-4-14-11(7)9/h3-5H,1-2H3. The molecular weight excluding hydrogens is 210 g/mol. The van der Waals surface area contributed by atoms with Gasteiger partial charge >= 0.3 is 0 Å². The van der Waals surface area contributed by atoms with Crippen LogP contribution < -0.4 is 0 Å². The lowest BCUT2D eigenvalue weighted by Crippen LogP contribution is -1.84. The monoisotopic (exact) mass is 219 g/mol. The summed E-state index contributed by atoms with van der Waals surface area (Å²) in [6.45, 7) is 2.02. The number of nitrogens with zero attached hydrogens (tertiary/aromatic N) is 1. The summed E-state index contributed by atoms with van der Waals surface area (Å²) in [4.78, 5) is 1.20. The van der Waals surface area contributed by atoms with Crippen molar-refractivity contribution in [1.29, 1.82) is 5.26 Å². The van der Waals surface area contributed by atoms with E-state index in [0.29, 0.717) is 0 Å². The van der Waals surface area contributed by atoms with Crippen molar-refractivity contribution in [1.82, 2.24) is 0 Å². The van der Waals surface area contributed by atoms with Gasteiger partial charge < -0.3 is 0 Å². The minimum absolute atomic E-state index is 0.796. The van der Waals surface area contributed by atoms with Crippen LogP contribution in [0.2, 0.25) is 0 Å². The van der Waals surface area contributed by atoms with Gasteiger partial charge in [0.25, 0.3) is 0 Å². The zero-order valence-corrected chi connectivity index (χ0v) is 9.63. The van der Waals surface area contributed by atoms with E-state index >= 15 is 0 Å². The largest absolute Gasteiger partial charge is 0.192 e. The molecule has 3 heteroatoms. The molecular formula is C11H9NS2. The number of nitriles is 1. The molecule has 1 heterocycles. The van der Waals surface area contributed by atoms with Gasteiger partial charge in [-0.15, -0.1) is 23.1 Å². The lowest BCUT2D eigenvalue weighted by molar-refractivity contribution is 1.40. The van der Waals surface area contributed by atoms with Crippen molar-refractivity contribution in [3.63, 3.8) is 0 Å². The van der Waals surface area contributed by atoms with Gasteiger partial charge in [0.1, 0.15) is 0 Å². The van der Waals surface area contributed by atoms with Gasteiger partial charge in [0.15, 0.2) is 0 Å². The topological polar surface area (TPSA) is 23.8 Å². The van der Waals surface area contributed by atoms with Crippen LogP contribution in [0.5, 0.6) is 0 Å². The van der Waals surface area contributed by atoms with E-state index in [9.17, 15) is 0 Å². The zero-order chi connectivity index (χ0) is 10.1. The molecule has 0 aliphatic rings. The Hall–Kier alpha value is -0.980. The summed E-state index contributed by atoms with van der Waals surface area (Å²) >= 11 is 3.41. The predicted octanol–water partition coefficient (Wildman–Crippen LogP) is 3.80. The van der Waals surface area contributed by atoms with Crippen molar-refractivity contribution in [2.45, 2.75) is 11.8 Å². The van der Waals surface area contributed by atoms with Gasteiger partial charge in [-0.1, -0.05) is 0 Å². The highest BCUT2D eigenvalue weighted by atomic mass is 32.2. The minimum atomic E-state index is 0.796. The SMILES string of the molecule is CSc1cc(C#N)c(C)c2sccc12. The number of thiophene rings is 1. The molecule has 0 aliphatic carbocycles. The average Bonchev–Trinajstić information content (AvgIpc) is 2.68. The number of fused-ring (bicyclic) bond motifs is 1. The number of hydrogen-bond acceptors (Lipinski definition) is 3. The van der Waals surface area contributed by atoms with Crippen LogP contribution in [0.15, 0.2) is 22.4 Å². The second-order valence-electron chi connectivity index (χ2n) is 3.03. The molecule has 70 valence electrons. The summed E-state index contributed by atoms with van der Waals surface area (Å²) in [6, 6.07) is 6.35. The predicted molar refractivity (Wildman–Crippen MR) is 63.1 cm³/mol. The van der Waals surface area contributed by atoms with E-state index in [-0.39, 0.29) is 0 Å². The Balaban J connectivity index is 2.89. The second kappa shape index (κ2) is 3.64. The number of aryl methyl sites for hydroxylation is 1. The van der Waals surface area contributed by atoms with E-state index in [1.54, 1.807) is 23.1 Å². The van der Waals surface area contributed by atoms with Crippen molar-refractivity contribution in [2.75, 3.05) is 6.26 Å². The van der Waals surface area contributed by atoms with Crippen LogP contribution in [0.3, 0.4) is 0 Å². The van der Waals surface area contributed by atoms with Crippen LogP contribution in [0.1, 0.15) is 11.1 Å². The van der Waals surface area contributed by atoms with E-state index < -0.39 is 0 Å². The van der Waals surface area contributed by atoms with Gasteiger partial charge in [0.2, 0.25) is 0 Å². The quantitative estimate of drug-likeness (QED) is 0.681. The average molecular weight is 219 g/mol. The molecule has 0 bridgehead atoms. The fourth-order valence-corrected chi connectivity index (χ4v) is 3.14. The van der Waals surface area contributed by atoms with Crippen LogP contribution in [0, 0.1) is 18.3 Å². The summed E-state index contributed by atoms with van der Waals surface area (Å²) in [7, 11) is 0. The first-order valence-electron chi connectivity index (χ1n) is 4.23. The molecule has 1 aromatic carbocycles. The maximum Gasteiger partial charge on any atom is 0.0995 e. The number of thioether (sulfide) groups is 1. The van der Waals surface area contributed by atoms with Crippen LogP contribution >= 0.6 is 23.1 Å². The first-order valence-corrected chi connectivity index (χ1v) is 6.33. The molecule has 1 nitrogen and oxygen atoms in total.